The van der Waals surface area contributed by atoms with E-state index in [0.717, 1.165) is 21.1 Å². The van der Waals surface area contributed by atoms with Gasteiger partial charge in [-0.1, -0.05) is 23.7 Å². The van der Waals surface area contributed by atoms with Crippen LogP contribution in [0.5, 0.6) is 0 Å². The highest BCUT2D eigenvalue weighted by atomic mass is 35.5. The molecular formula is C10H10ClN3S. The SMILES string of the molecule is Cn1c(-c2ccc(Cl)cc2)csc1=NN. The van der Waals surface area contributed by atoms with Gasteiger partial charge in [-0.2, -0.15) is 5.10 Å². The first kappa shape index (κ1) is 10.3. The zero-order valence-corrected chi connectivity index (χ0v) is 9.72. The van der Waals surface area contributed by atoms with Crippen LogP contribution in [0.25, 0.3) is 11.3 Å². The van der Waals surface area contributed by atoms with Crippen LogP contribution in [0.15, 0.2) is 34.7 Å². The maximum absolute atomic E-state index is 5.83. The molecule has 5 heteroatoms. The van der Waals surface area contributed by atoms with Crippen LogP contribution in [-0.2, 0) is 7.05 Å². The Morgan fingerprint density at radius 2 is 2.00 bits per heavy atom. The van der Waals surface area contributed by atoms with E-state index >= 15 is 0 Å². The van der Waals surface area contributed by atoms with E-state index in [1.165, 1.54) is 11.3 Å². The summed E-state index contributed by atoms with van der Waals surface area (Å²) >= 11 is 7.34. The van der Waals surface area contributed by atoms with Crippen molar-refractivity contribution in [2.45, 2.75) is 0 Å². The molecule has 0 radical (unpaired) electrons. The Kier molecular flexibility index (Phi) is 2.79. The molecule has 0 spiro atoms. The van der Waals surface area contributed by atoms with Crippen LogP contribution >= 0.6 is 22.9 Å². The van der Waals surface area contributed by atoms with Gasteiger partial charge in [0.05, 0.1) is 5.69 Å². The molecule has 0 saturated heterocycles. The smallest absolute Gasteiger partial charge is 0.207 e. The number of halogens is 1. The summed E-state index contributed by atoms with van der Waals surface area (Å²) in [7, 11) is 1.94. The lowest BCUT2D eigenvalue weighted by molar-refractivity contribution is 0.862. The fraction of sp³-hybridized carbons (Fsp3) is 0.100. The molecule has 2 rings (SSSR count). The summed E-state index contributed by atoms with van der Waals surface area (Å²) < 4.78 is 1.95. The van der Waals surface area contributed by atoms with Crippen LogP contribution < -0.4 is 10.6 Å². The number of rotatable bonds is 1. The van der Waals surface area contributed by atoms with E-state index in [1.807, 2.05) is 41.3 Å². The first-order valence-corrected chi connectivity index (χ1v) is 5.62. The van der Waals surface area contributed by atoms with E-state index in [2.05, 4.69) is 5.10 Å². The summed E-state index contributed by atoms with van der Waals surface area (Å²) in [5, 5.41) is 6.45. The van der Waals surface area contributed by atoms with Gasteiger partial charge in [0.25, 0.3) is 0 Å². The third-order valence-electron chi connectivity index (χ3n) is 2.17. The molecule has 2 aromatic rings. The molecule has 0 saturated carbocycles. The van der Waals surface area contributed by atoms with Gasteiger partial charge >= 0.3 is 0 Å². The highest BCUT2D eigenvalue weighted by Crippen LogP contribution is 2.21. The van der Waals surface area contributed by atoms with Gasteiger partial charge in [0.2, 0.25) is 4.80 Å². The summed E-state index contributed by atoms with van der Waals surface area (Å²) in [5.74, 6) is 5.26. The molecule has 15 heavy (non-hydrogen) atoms. The summed E-state index contributed by atoms with van der Waals surface area (Å²) in [6, 6.07) is 7.69. The van der Waals surface area contributed by atoms with Gasteiger partial charge in [-0.25, -0.2) is 0 Å². The van der Waals surface area contributed by atoms with Gasteiger partial charge in [0, 0.05) is 17.5 Å². The number of nitrogens with two attached hydrogens (primary N) is 1. The molecule has 1 aromatic heterocycles. The number of hydrogen-bond donors (Lipinski definition) is 1. The van der Waals surface area contributed by atoms with E-state index in [1.54, 1.807) is 0 Å². The number of nitrogens with zero attached hydrogens (tertiary/aromatic N) is 2. The summed E-state index contributed by atoms with van der Waals surface area (Å²) in [4.78, 5) is 0.792. The summed E-state index contributed by atoms with van der Waals surface area (Å²) in [5.41, 5.74) is 2.19. The number of aromatic nitrogens is 1. The minimum atomic E-state index is 0.736. The molecule has 0 unspecified atom stereocenters. The fourth-order valence-electron chi connectivity index (χ4n) is 1.37. The highest BCUT2D eigenvalue weighted by molar-refractivity contribution is 7.07. The van der Waals surface area contributed by atoms with Gasteiger partial charge in [0.15, 0.2) is 0 Å². The predicted molar refractivity (Wildman–Crippen MR) is 63.5 cm³/mol. The number of thiazole rings is 1. The molecule has 0 bridgehead atoms. The van der Waals surface area contributed by atoms with Crippen molar-refractivity contribution in [2.75, 3.05) is 0 Å². The van der Waals surface area contributed by atoms with E-state index in [9.17, 15) is 0 Å². The van der Waals surface area contributed by atoms with Crippen LogP contribution in [0, 0.1) is 0 Å². The van der Waals surface area contributed by atoms with Crippen LogP contribution in [0.3, 0.4) is 0 Å². The molecule has 78 valence electrons. The van der Waals surface area contributed by atoms with Crippen molar-refractivity contribution in [3.63, 3.8) is 0 Å². The lowest BCUT2D eigenvalue weighted by atomic mass is 10.2. The minimum absolute atomic E-state index is 0.736. The fourth-order valence-corrected chi connectivity index (χ4v) is 2.32. The van der Waals surface area contributed by atoms with Crippen LogP contribution in [-0.4, -0.2) is 4.57 Å². The van der Waals surface area contributed by atoms with Crippen molar-refractivity contribution in [1.29, 1.82) is 0 Å². The average molecular weight is 240 g/mol. The zero-order chi connectivity index (χ0) is 10.8. The second-order valence-electron chi connectivity index (χ2n) is 3.10. The minimum Gasteiger partial charge on any atom is -0.320 e. The largest absolute Gasteiger partial charge is 0.320 e. The number of hydrogen-bond acceptors (Lipinski definition) is 3. The van der Waals surface area contributed by atoms with Crippen LogP contribution in [0.2, 0.25) is 5.02 Å². The third kappa shape index (κ3) is 1.91. The van der Waals surface area contributed by atoms with E-state index in [-0.39, 0.29) is 0 Å². The van der Waals surface area contributed by atoms with Crippen molar-refractivity contribution in [3.8, 4) is 11.3 Å². The predicted octanol–water partition coefficient (Wildman–Crippen LogP) is 2.18. The highest BCUT2D eigenvalue weighted by Gasteiger charge is 2.03. The van der Waals surface area contributed by atoms with Crippen molar-refractivity contribution in [1.82, 2.24) is 4.57 Å². The van der Waals surface area contributed by atoms with E-state index in [0.29, 0.717) is 0 Å². The molecule has 1 aromatic carbocycles. The molecule has 0 amide bonds. The van der Waals surface area contributed by atoms with Crippen molar-refractivity contribution in [2.24, 2.45) is 18.0 Å². The molecule has 0 atom stereocenters. The Morgan fingerprint density at radius 1 is 1.33 bits per heavy atom. The van der Waals surface area contributed by atoms with Crippen molar-refractivity contribution >= 4 is 22.9 Å². The molecule has 0 aliphatic carbocycles. The zero-order valence-electron chi connectivity index (χ0n) is 8.14. The molecule has 0 aliphatic rings. The van der Waals surface area contributed by atoms with Crippen molar-refractivity contribution in [3.05, 3.63) is 39.5 Å². The Hall–Kier alpha value is -1.26. The van der Waals surface area contributed by atoms with Gasteiger partial charge in [-0.15, -0.1) is 11.3 Å². The lowest BCUT2D eigenvalue weighted by Crippen LogP contribution is -2.13. The third-order valence-corrected chi connectivity index (χ3v) is 3.36. The van der Waals surface area contributed by atoms with E-state index in [4.69, 9.17) is 17.4 Å². The Labute approximate surface area is 96.4 Å². The second kappa shape index (κ2) is 4.08. The maximum Gasteiger partial charge on any atom is 0.207 e. The molecule has 0 aliphatic heterocycles. The first-order chi connectivity index (χ1) is 7.22. The molecule has 2 N–H and O–H groups in total. The number of benzene rings is 1. The Balaban J connectivity index is 2.55. The second-order valence-corrected chi connectivity index (χ2v) is 4.37. The van der Waals surface area contributed by atoms with Crippen LogP contribution in [0.4, 0.5) is 0 Å². The normalized spacial score (nSPS) is 12.0. The molecule has 1 heterocycles. The summed E-state index contributed by atoms with van der Waals surface area (Å²) in [6.45, 7) is 0. The molecular weight excluding hydrogens is 230 g/mol. The van der Waals surface area contributed by atoms with E-state index < -0.39 is 0 Å². The molecule has 3 nitrogen and oxygen atoms in total. The Bertz CT molecular complexity index is 524. The first-order valence-electron chi connectivity index (χ1n) is 4.37. The monoisotopic (exact) mass is 239 g/mol. The van der Waals surface area contributed by atoms with Crippen molar-refractivity contribution < 1.29 is 0 Å². The van der Waals surface area contributed by atoms with Gasteiger partial charge in [-0.3, -0.25) is 0 Å². The average Bonchev–Trinajstić information content (AvgIpc) is 2.61. The lowest BCUT2D eigenvalue weighted by Gasteiger charge is -2.02. The summed E-state index contributed by atoms with van der Waals surface area (Å²) in [6.07, 6.45) is 0. The topological polar surface area (TPSA) is 43.3 Å². The maximum atomic E-state index is 5.83. The van der Waals surface area contributed by atoms with Gasteiger partial charge in [0.1, 0.15) is 0 Å². The standard InChI is InChI=1S/C10H10ClN3S/c1-14-9(6-15-10(14)13-12)7-2-4-8(11)5-3-7/h2-6H,12H2,1H3. The van der Waals surface area contributed by atoms with Gasteiger partial charge in [-0.05, 0) is 17.7 Å². The quantitative estimate of drug-likeness (QED) is 0.602. The Morgan fingerprint density at radius 3 is 2.53 bits per heavy atom. The van der Waals surface area contributed by atoms with Gasteiger partial charge < -0.3 is 10.4 Å². The van der Waals surface area contributed by atoms with Crippen LogP contribution in [0.1, 0.15) is 0 Å². The molecule has 0 fully saturated rings.